The Morgan fingerprint density at radius 2 is 2.12 bits per heavy atom. The first kappa shape index (κ1) is 13.9. The van der Waals surface area contributed by atoms with Crippen molar-refractivity contribution in [3.8, 4) is 0 Å². The van der Waals surface area contributed by atoms with E-state index in [9.17, 15) is 5.11 Å². The van der Waals surface area contributed by atoms with Crippen molar-refractivity contribution in [2.24, 2.45) is 5.41 Å². The first-order valence-corrected chi connectivity index (χ1v) is 9.48. The largest absolute Gasteiger partial charge is 0.392 e. The van der Waals surface area contributed by atoms with Gasteiger partial charge in [-0.1, -0.05) is 18.2 Å². The summed E-state index contributed by atoms with van der Waals surface area (Å²) >= 11 is 0. The highest BCUT2D eigenvalue weighted by Crippen LogP contribution is 2.62. The van der Waals surface area contributed by atoms with E-state index in [-0.39, 0.29) is 23.9 Å². The molecule has 4 fully saturated rings. The molecule has 1 saturated carbocycles. The molecule has 1 aliphatic carbocycles. The number of piperidine rings is 1. The normalized spacial score (nSPS) is 41.0. The maximum absolute atomic E-state index is 11.1. The number of nitrogens with one attached hydrogen (secondary N) is 1. The summed E-state index contributed by atoms with van der Waals surface area (Å²) in [5.41, 5.74) is 3.96. The average Bonchev–Trinajstić information content (AvgIpc) is 3.01. The summed E-state index contributed by atoms with van der Waals surface area (Å²) in [6, 6.07) is 8.96. The second kappa shape index (κ2) is 4.63. The Morgan fingerprint density at radius 1 is 1.21 bits per heavy atom. The number of hydrogen-bond acceptors (Lipinski definition) is 3. The summed E-state index contributed by atoms with van der Waals surface area (Å²) in [4.78, 5) is 6.29. The van der Waals surface area contributed by atoms with Gasteiger partial charge in [-0.3, -0.25) is 4.90 Å². The van der Waals surface area contributed by atoms with Gasteiger partial charge in [0.25, 0.3) is 0 Å². The molecule has 0 unspecified atom stereocenters. The van der Waals surface area contributed by atoms with Crippen LogP contribution in [0.4, 0.5) is 0 Å². The topological polar surface area (TPSA) is 48.5 Å². The zero-order chi connectivity index (χ0) is 15.9. The highest BCUT2D eigenvalue weighted by atomic mass is 16.5. The third kappa shape index (κ3) is 1.51. The van der Waals surface area contributed by atoms with Gasteiger partial charge in [0.1, 0.15) is 6.23 Å². The molecule has 2 bridgehead atoms. The summed E-state index contributed by atoms with van der Waals surface area (Å²) in [6.45, 7) is 1.05. The average molecular weight is 324 g/mol. The van der Waals surface area contributed by atoms with E-state index in [0.29, 0.717) is 6.04 Å². The minimum atomic E-state index is -0.248. The van der Waals surface area contributed by atoms with E-state index in [0.717, 1.165) is 45.1 Å². The summed E-state index contributed by atoms with van der Waals surface area (Å²) in [5.74, 6) is 0. The third-order valence-corrected chi connectivity index (χ3v) is 7.26. The van der Waals surface area contributed by atoms with E-state index < -0.39 is 0 Å². The summed E-state index contributed by atoms with van der Waals surface area (Å²) < 4.78 is 6.46. The van der Waals surface area contributed by atoms with Crippen LogP contribution in [0.5, 0.6) is 0 Å². The van der Waals surface area contributed by atoms with E-state index in [2.05, 4.69) is 34.1 Å². The molecule has 5 aliphatic rings. The number of fused-ring (bicyclic) bond motifs is 4. The number of rotatable bonds is 0. The summed E-state index contributed by atoms with van der Waals surface area (Å²) in [7, 11) is 0. The van der Waals surface area contributed by atoms with Crippen molar-refractivity contribution in [3.05, 3.63) is 35.5 Å². The molecule has 1 aromatic heterocycles. The van der Waals surface area contributed by atoms with Crippen molar-refractivity contribution < 1.29 is 9.84 Å². The number of ether oxygens (including phenoxy) is 1. The molecule has 5 atom stereocenters. The molecule has 0 radical (unpaired) electrons. The number of H-pyrrole nitrogens is 1. The van der Waals surface area contributed by atoms with Crippen LogP contribution in [0, 0.1) is 5.41 Å². The minimum Gasteiger partial charge on any atom is -0.392 e. The lowest BCUT2D eigenvalue weighted by molar-refractivity contribution is -0.311. The van der Waals surface area contributed by atoms with E-state index in [1.165, 1.54) is 22.2 Å². The van der Waals surface area contributed by atoms with Crippen LogP contribution in [0.15, 0.2) is 24.3 Å². The lowest BCUT2D eigenvalue weighted by Gasteiger charge is -2.65. The Morgan fingerprint density at radius 3 is 3.08 bits per heavy atom. The van der Waals surface area contributed by atoms with E-state index >= 15 is 0 Å². The highest BCUT2D eigenvalue weighted by molar-refractivity contribution is 5.85. The molecule has 126 valence electrons. The molecular weight excluding hydrogens is 300 g/mol. The van der Waals surface area contributed by atoms with Crippen LogP contribution in [0.25, 0.3) is 10.9 Å². The van der Waals surface area contributed by atoms with Gasteiger partial charge < -0.3 is 14.8 Å². The fourth-order valence-electron chi connectivity index (χ4n) is 6.29. The van der Waals surface area contributed by atoms with Gasteiger partial charge in [0, 0.05) is 28.6 Å². The predicted molar refractivity (Wildman–Crippen MR) is 91.6 cm³/mol. The maximum Gasteiger partial charge on any atom is 0.111 e. The number of aliphatic hydroxyl groups excluding tert-OH is 1. The Labute approximate surface area is 141 Å². The quantitative estimate of drug-likeness (QED) is 0.783. The van der Waals surface area contributed by atoms with E-state index in [1.807, 2.05) is 0 Å². The van der Waals surface area contributed by atoms with Crippen molar-refractivity contribution >= 4 is 10.9 Å². The number of hydrogen-bond donors (Lipinski definition) is 2. The van der Waals surface area contributed by atoms with Crippen LogP contribution in [0.1, 0.15) is 49.4 Å². The van der Waals surface area contributed by atoms with Crippen molar-refractivity contribution in [1.29, 1.82) is 0 Å². The molecule has 4 nitrogen and oxygen atoms in total. The first-order valence-electron chi connectivity index (χ1n) is 9.48. The molecule has 2 N–H and O–H groups in total. The third-order valence-electron chi connectivity index (χ3n) is 7.26. The van der Waals surface area contributed by atoms with Crippen LogP contribution in [0.3, 0.4) is 0 Å². The van der Waals surface area contributed by atoms with Crippen LogP contribution >= 0.6 is 0 Å². The van der Waals surface area contributed by atoms with Gasteiger partial charge in [-0.05, 0) is 50.2 Å². The van der Waals surface area contributed by atoms with Gasteiger partial charge in [0.15, 0.2) is 0 Å². The molecule has 24 heavy (non-hydrogen) atoms. The van der Waals surface area contributed by atoms with Gasteiger partial charge in [-0.25, -0.2) is 0 Å². The Bertz CT molecular complexity index is 815. The predicted octanol–water partition coefficient (Wildman–Crippen LogP) is 3.12. The molecule has 7 rings (SSSR count). The van der Waals surface area contributed by atoms with Crippen LogP contribution in [-0.2, 0) is 11.2 Å². The van der Waals surface area contributed by atoms with Crippen molar-refractivity contribution in [2.75, 3.05) is 6.54 Å². The van der Waals surface area contributed by atoms with E-state index in [1.54, 1.807) is 0 Å². The molecule has 4 aliphatic heterocycles. The van der Waals surface area contributed by atoms with Gasteiger partial charge in [-0.2, -0.15) is 0 Å². The number of benzene rings is 1. The molecule has 3 saturated heterocycles. The number of nitrogens with zero attached hydrogens (tertiary/aromatic N) is 1. The Kier molecular flexibility index (Phi) is 2.68. The fourth-order valence-corrected chi connectivity index (χ4v) is 6.29. The SMILES string of the molecule is O[C@H]1CCC[C@@H]2O[C@@H]3CC[C@@]21[C@@H]1c2[nH]c4ccccc4c2CCN13. The zero-order valence-electron chi connectivity index (χ0n) is 13.9. The van der Waals surface area contributed by atoms with Gasteiger partial charge in [-0.15, -0.1) is 0 Å². The molecular formula is C20H24N2O2. The zero-order valence-corrected chi connectivity index (χ0v) is 13.9. The van der Waals surface area contributed by atoms with Crippen molar-refractivity contribution in [2.45, 2.75) is 63.0 Å². The van der Waals surface area contributed by atoms with Crippen molar-refractivity contribution in [3.63, 3.8) is 0 Å². The molecule has 4 heteroatoms. The number of para-hydroxylation sites is 1. The second-order valence-corrected chi connectivity index (χ2v) is 8.13. The monoisotopic (exact) mass is 324 g/mol. The first-order chi connectivity index (χ1) is 11.8. The Balaban J connectivity index is 1.59. The maximum atomic E-state index is 11.1. The molecule has 2 aromatic rings. The fraction of sp³-hybridized carbons (Fsp3) is 0.600. The van der Waals surface area contributed by atoms with Crippen LogP contribution in [0.2, 0.25) is 0 Å². The molecule has 1 spiro atoms. The number of aliphatic hydroxyl groups is 1. The summed E-state index contributed by atoms with van der Waals surface area (Å²) in [6.07, 6.45) is 6.57. The van der Waals surface area contributed by atoms with Crippen LogP contribution < -0.4 is 0 Å². The summed E-state index contributed by atoms with van der Waals surface area (Å²) in [5, 5.41) is 12.5. The smallest absolute Gasteiger partial charge is 0.111 e. The van der Waals surface area contributed by atoms with Crippen molar-refractivity contribution in [1.82, 2.24) is 9.88 Å². The van der Waals surface area contributed by atoms with Gasteiger partial charge >= 0.3 is 0 Å². The molecule has 0 amide bonds. The number of aromatic nitrogens is 1. The van der Waals surface area contributed by atoms with Gasteiger partial charge in [0.05, 0.1) is 18.2 Å². The van der Waals surface area contributed by atoms with Gasteiger partial charge in [0.2, 0.25) is 0 Å². The second-order valence-electron chi connectivity index (χ2n) is 8.13. The standard InChI is InChI=1S/C20H24N2O2/c23-15-6-3-7-16-20(15)10-8-17(24-16)22-11-9-13-12-4-1-2-5-14(12)21-18(13)19(20)22/h1-2,4-5,15-17,19,21,23H,3,6-11H2/t15-,16-,17+,19-,20-/m0/s1. The minimum absolute atomic E-state index is 0.122. The lowest BCUT2D eigenvalue weighted by atomic mass is 9.57. The lowest BCUT2D eigenvalue weighted by Crippen LogP contribution is -2.69. The van der Waals surface area contributed by atoms with Crippen LogP contribution in [-0.4, -0.2) is 40.0 Å². The Hall–Kier alpha value is -1.36. The molecule has 5 heterocycles. The van der Waals surface area contributed by atoms with E-state index in [4.69, 9.17) is 4.74 Å². The number of aromatic amines is 1. The highest BCUT2D eigenvalue weighted by Gasteiger charge is 2.64. The molecule has 1 aromatic carbocycles.